The number of halogens is 1. The van der Waals surface area contributed by atoms with Crippen LogP contribution in [0.2, 0.25) is 5.02 Å². The quantitative estimate of drug-likeness (QED) is 0.808. The second-order valence-electron chi connectivity index (χ2n) is 3.59. The number of terminal acetylenes is 1. The molecule has 5 nitrogen and oxygen atoms in total. The first-order chi connectivity index (χ1) is 8.63. The summed E-state index contributed by atoms with van der Waals surface area (Å²) in [5.41, 5.74) is 0.465. The second-order valence-corrected chi connectivity index (χ2v) is 4.00. The van der Waals surface area contributed by atoms with E-state index in [4.69, 9.17) is 32.6 Å². The highest BCUT2D eigenvalue weighted by molar-refractivity contribution is 6.32. The average molecular weight is 268 g/mol. The molecule has 0 fully saturated rings. The van der Waals surface area contributed by atoms with Gasteiger partial charge in [0.25, 0.3) is 0 Å². The van der Waals surface area contributed by atoms with Crippen LogP contribution in [0, 0.1) is 12.3 Å². The van der Waals surface area contributed by atoms with Gasteiger partial charge in [0.05, 0.1) is 11.6 Å². The molecule has 1 atom stereocenters. The van der Waals surface area contributed by atoms with Gasteiger partial charge in [-0.1, -0.05) is 17.5 Å². The Morgan fingerprint density at radius 3 is 3.06 bits per heavy atom. The predicted molar refractivity (Wildman–Crippen MR) is 64.8 cm³/mol. The SMILES string of the molecule is C#CCNC(C(=O)O)c1cc(Cl)c2c(c1)OCO2. The molecule has 94 valence electrons. The van der Waals surface area contributed by atoms with E-state index in [2.05, 4.69) is 11.2 Å². The Balaban J connectivity index is 2.34. The van der Waals surface area contributed by atoms with Crippen LogP contribution in [0.1, 0.15) is 11.6 Å². The Hall–Kier alpha value is -1.90. The highest BCUT2D eigenvalue weighted by atomic mass is 35.5. The van der Waals surface area contributed by atoms with Crippen molar-refractivity contribution < 1.29 is 19.4 Å². The zero-order chi connectivity index (χ0) is 13.1. The summed E-state index contributed by atoms with van der Waals surface area (Å²) in [5, 5.41) is 12.2. The number of hydrogen-bond acceptors (Lipinski definition) is 4. The van der Waals surface area contributed by atoms with Gasteiger partial charge in [0.2, 0.25) is 6.79 Å². The van der Waals surface area contributed by atoms with Crippen LogP contribution < -0.4 is 14.8 Å². The molecule has 1 aromatic rings. The first kappa shape index (κ1) is 12.6. The summed E-state index contributed by atoms with van der Waals surface area (Å²) in [4.78, 5) is 11.2. The number of carboxylic acid groups (broad SMARTS) is 1. The van der Waals surface area contributed by atoms with E-state index in [1.165, 1.54) is 6.07 Å². The normalized spacial score (nSPS) is 14.0. The van der Waals surface area contributed by atoms with Crippen molar-refractivity contribution in [2.24, 2.45) is 0 Å². The number of carboxylic acids is 1. The van der Waals surface area contributed by atoms with E-state index < -0.39 is 12.0 Å². The summed E-state index contributed by atoms with van der Waals surface area (Å²) in [5.74, 6) is 2.15. The molecule has 1 unspecified atom stereocenters. The van der Waals surface area contributed by atoms with Gasteiger partial charge in [0, 0.05) is 0 Å². The fourth-order valence-electron chi connectivity index (χ4n) is 1.66. The minimum atomic E-state index is -1.04. The molecule has 0 spiro atoms. The molecule has 2 N–H and O–H groups in total. The van der Waals surface area contributed by atoms with E-state index in [0.717, 1.165) is 0 Å². The number of hydrogen-bond donors (Lipinski definition) is 2. The van der Waals surface area contributed by atoms with E-state index in [1.807, 2.05) is 0 Å². The Labute approximate surface area is 109 Å². The fourth-order valence-corrected chi connectivity index (χ4v) is 1.94. The maximum atomic E-state index is 11.2. The zero-order valence-electron chi connectivity index (χ0n) is 9.27. The van der Waals surface area contributed by atoms with Gasteiger partial charge in [-0.2, -0.15) is 0 Å². The van der Waals surface area contributed by atoms with Crippen LogP contribution in [0.3, 0.4) is 0 Å². The Morgan fingerprint density at radius 1 is 1.61 bits per heavy atom. The molecule has 1 aliphatic rings. The minimum absolute atomic E-state index is 0.0774. The molecule has 0 aromatic heterocycles. The Morgan fingerprint density at radius 2 is 2.39 bits per heavy atom. The maximum Gasteiger partial charge on any atom is 0.325 e. The van der Waals surface area contributed by atoms with Crippen molar-refractivity contribution in [3.05, 3.63) is 22.7 Å². The lowest BCUT2D eigenvalue weighted by Gasteiger charge is -2.14. The lowest BCUT2D eigenvalue weighted by Crippen LogP contribution is -2.28. The third kappa shape index (κ3) is 2.35. The van der Waals surface area contributed by atoms with E-state index >= 15 is 0 Å². The lowest BCUT2D eigenvalue weighted by molar-refractivity contribution is -0.139. The number of nitrogens with one attached hydrogen (secondary N) is 1. The van der Waals surface area contributed by atoms with Crippen molar-refractivity contribution >= 4 is 17.6 Å². The predicted octanol–water partition coefficient (Wildman–Crippen LogP) is 1.42. The summed E-state index contributed by atoms with van der Waals surface area (Å²) in [6.07, 6.45) is 5.10. The van der Waals surface area contributed by atoms with Crippen molar-refractivity contribution in [1.29, 1.82) is 0 Å². The third-order valence-corrected chi connectivity index (χ3v) is 2.72. The Bertz CT molecular complexity index is 524. The third-order valence-electron chi connectivity index (χ3n) is 2.44. The van der Waals surface area contributed by atoms with Gasteiger partial charge in [-0.25, -0.2) is 0 Å². The number of benzene rings is 1. The van der Waals surface area contributed by atoms with E-state index in [0.29, 0.717) is 22.1 Å². The molecule has 0 bridgehead atoms. The number of rotatable bonds is 4. The van der Waals surface area contributed by atoms with Crippen molar-refractivity contribution in [1.82, 2.24) is 5.32 Å². The van der Waals surface area contributed by atoms with Gasteiger partial charge in [-0.3, -0.25) is 10.1 Å². The van der Waals surface area contributed by atoms with Crippen LogP contribution >= 0.6 is 11.6 Å². The average Bonchev–Trinajstić information content (AvgIpc) is 2.78. The summed E-state index contributed by atoms with van der Waals surface area (Å²) in [7, 11) is 0. The van der Waals surface area contributed by atoms with Crippen molar-refractivity contribution in [2.45, 2.75) is 6.04 Å². The van der Waals surface area contributed by atoms with Crippen molar-refractivity contribution in [2.75, 3.05) is 13.3 Å². The van der Waals surface area contributed by atoms with E-state index in [9.17, 15) is 4.79 Å². The molecular formula is C12H10ClNO4. The second kappa shape index (κ2) is 5.17. The zero-order valence-corrected chi connectivity index (χ0v) is 10.0. The van der Waals surface area contributed by atoms with Crippen LogP contribution in [0.4, 0.5) is 0 Å². The molecule has 6 heteroatoms. The summed E-state index contributed by atoms with van der Waals surface area (Å²) in [6, 6.07) is 2.17. The molecule has 0 radical (unpaired) electrons. The van der Waals surface area contributed by atoms with Crippen molar-refractivity contribution in [3.8, 4) is 23.8 Å². The molecular weight excluding hydrogens is 258 g/mol. The smallest absolute Gasteiger partial charge is 0.325 e. The monoisotopic (exact) mass is 267 g/mol. The van der Waals surface area contributed by atoms with Gasteiger partial charge in [0.1, 0.15) is 6.04 Å². The highest BCUT2D eigenvalue weighted by Gasteiger charge is 2.25. The molecule has 0 amide bonds. The van der Waals surface area contributed by atoms with E-state index in [-0.39, 0.29) is 13.3 Å². The maximum absolute atomic E-state index is 11.2. The highest BCUT2D eigenvalue weighted by Crippen LogP contribution is 2.41. The molecule has 1 aliphatic heterocycles. The number of aliphatic carboxylic acids is 1. The van der Waals surface area contributed by atoms with Gasteiger partial charge in [0.15, 0.2) is 11.5 Å². The minimum Gasteiger partial charge on any atom is -0.480 e. The molecule has 0 saturated carbocycles. The lowest BCUT2D eigenvalue weighted by atomic mass is 10.1. The van der Waals surface area contributed by atoms with Crippen LogP contribution in [-0.2, 0) is 4.79 Å². The molecule has 2 rings (SSSR count). The van der Waals surface area contributed by atoms with E-state index in [1.54, 1.807) is 6.07 Å². The molecule has 1 aromatic carbocycles. The summed E-state index contributed by atoms with van der Waals surface area (Å²) >= 11 is 5.99. The molecule has 18 heavy (non-hydrogen) atoms. The first-order valence-corrected chi connectivity index (χ1v) is 5.50. The van der Waals surface area contributed by atoms with Gasteiger partial charge < -0.3 is 14.6 Å². The van der Waals surface area contributed by atoms with Crippen LogP contribution in [0.5, 0.6) is 11.5 Å². The number of fused-ring (bicyclic) bond motifs is 1. The van der Waals surface area contributed by atoms with Crippen LogP contribution in [0.15, 0.2) is 12.1 Å². The van der Waals surface area contributed by atoms with Crippen LogP contribution in [0.25, 0.3) is 0 Å². The summed E-state index contributed by atoms with van der Waals surface area (Å²) < 4.78 is 10.3. The first-order valence-electron chi connectivity index (χ1n) is 5.12. The topological polar surface area (TPSA) is 67.8 Å². The van der Waals surface area contributed by atoms with Gasteiger partial charge in [-0.05, 0) is 17.7 Å². The standard InChI is InChI=1S/C12H10ClNO4/c1-2-3-14-10(12(15)16)7-4-8(13)11-9(5-7)17-6-18-11/h1,4-5,10,14H,3,6H2,(H,15,16). The molecule has 0 aliphatic carbocycles. The summed E-state index contributed by atoms with van der Waals surface area (Å²) in [6.45, 7) is 0.219. The number of carbonyl (C=O) groups is 1. The fraction of sp³-hybridized carbons (Fsp3) is 0.250. The van der Waals surface area contributed by atoms with Gasteiger partial charge in [-0.15, -0.1) is 6.42 Å². The van der Waals surface area contributed by atoms with Gasteiger partial charge >= 0.3 is 5.97 Å². The molecule has 0 saturated heterocycles. The number of ether oxygens (including phenoxy) is 2. The largest absolute Gasteiger partial charge is 0.480 e. The molecule has 1 heterocycles. The van der Waals surface area contributed by atoms with Crippen LogP contribution in [-0.4, -0.2) is 24.4 Å². The van der Waals surface area contributed by atoms with Crippen molar-refractivity contribution in [3.63, 3.8) is 0 Å². The Kier molecular flexibility index (Phi) is 3.60.